The smallest absolute Gasteiger partial charge is 0.270 e. The molecule has 2 aliphatic heterocycles. The zero-order valence-electron chi connectivity index (χ0n) is 13.4. The van der Waals surface area contributed by atoms with E-state index in [9.17, 15) is 14.9 Å². The Hall–Kier alpha value is -1.81. The first-order chi connectivity index (χ1) is 12.0. The lowest BCUT2D eigenvalue weighted by atomic mass is 10.2. The molecule has 9 heteroatoms. The number of rotatable bonds is 5. The molecule has 1 aromatic carbocycles. The van der Waals surface area contributed by atoms with E-state index < -0.39 is 4.92 Å². The van der Waals surface area contributed by atoms with Crippen LogP contribution in [0.1, 0.15) is 5.56 Å². The number of morpholine rings is 1. The van der Waals surface area contributed by atoms with Gasteiger partial charge in [-0.3, -0.25) is 24.7 Å². The first-order valence-electron chi connectivity index (χ1n) is 7.84. The number of nitrogens with zero attached hydrogens (tertiary/aromatic N) is 3. The quantitative estimate of drug-likeness (QED) is 0.336. The number of hydrogen-bond acceptors (Lipinski definition) is 7. The van der Waals surface area contributed by atoms with Gasteiger partial charge in [0.2, 0.25) is 0 Å². The summed E-state index contributed by atoms with van der Waals surface area (Å²) < 4.78 is 5.84. The number of benzene rings is 1. The molecule has 2 saturated heterocycles. The number of hydrogen-bond donors (Lipinski definition) is 0. The molecule has 1 aromatic rings. The Kier molecular flexibility index (Phi) is 5.79. The van der Waals surface area contributed by atoms with Crippen molar-refractivity contribution in [2.75, 3.05) is 39.4 Å². The fourth-order valence-electron chi connectivity index (χ4n) is 2.64. The van der Waals surface area contributed by atoms with Crippen LogP contribution in [0.2, 0.25) is 0 Å². The summed E-state index contributed by atoms with van der Waals surface area (Å²) >= 11 is 6.55. The largest absolute Gasteiger partial charge is 0.379 e. The summed E-state index contributed by atoms with van der Waals surface area (Å²) in [6.45, 7) is 4.43. The Labute approximate surface area is 154 Å². The zero-order chi connectivity index (χ0) is 17.8. The van der Waals surface area contributed by atoms with Crippen LogP contribution in [0.15, 0.2) is 29.2 Å². The Morgan fingerprint density at radius 2 is 2.08 bits per heavy atom. The van der Waals surface area contributed by atoms with Gasteiger partial charge in [-0.25, -0.2) is 0 Å². The van der Waals surface area contributed by atoms with Crippen LogP contribution < -0.4 is 0 Å². The van der Waals surface area contributed by atoms with Crippen molar-refractivity contribution in [1.29, 1.82) is 0 Å². The van der Waals surface area contributed by atoms with Crippen LogP contribution in [0, 0.1) is 10.1 Å². The number of nitro benzene ring substituents is 1. The van der Waals surface area contributed by atoms with Gasteiger partial charge in [0.1, 0.15) is 4.32 Å². The molecule has 2 aliphatic rings. The lowest BCUT2D eigenvalue weighted by Crippen LogP contribution is -2.42. The van der Waals surface area contributed by atoms with Gasteiger partial charge in [-0.05, 0) is 11.6 Å². The average molecular weight is 379 g/mol. The van der Waals surface area contributed by atoms with E-state index in [0.717, 1.165) is 19.6 Å². The lowest BCUT2D eigenvalue weighted by molar-refractivity contribution is -0.384. The standard InChI is InChI=1S/C16H17N3O4S2/c20-15-14(11-12-2-1-3-13(10-12)19(21)22)25-16(24)18(15)5-4-17-6-8-23-9-7-17/h1-3,10-11H,4-9H2. The molecule has 25 heavy (non-hydrogen) atoms. The Balaban J connectivity index is 1.67. The summed E-state index contributed by atoms with van der Waals surface area (Å²) in [5, 5.41) is 10.9. The maximum atomic E-state index is 12.6. The van der Waals surface area contributed by atoms with E-state index in [0.29, 0.717) is 34.5 Å². The zero-order valence-corrected chi connectivity index (χ0v) is 15.1. The van der Waals surface area contributed by atoms with Gasteiger partial charge in [0.05, 0.1) is 23.0 Å². The summed E-state index contributed by atoms with van der Waals surface area (Å²) in [6, 6.07) is 6.20. The summed E-state index contributed by atoms with van der Waals surface area (Å²) in [5.41, 5.74) is 0.611. The molecule has 0 atom stereocenters. The van der Waals surface area contributed by atoms with Crippen molar-refractivity contribution in [3.63, 3.8) is 0 Å². The Morgan fingerprint density at radius 3 is 2.80 bits per heavy atom. The molecule has 132 valence electrons. The van der Waals surface area contributed by atoms with Crippen molar-refractivity contribution in [2.24, 2.45) is 0 Å². The minimum Gasteiger partial charge on any atom is -0.379 e. The Morgan fingerprint density at radius 1 is 1.32 bits per heavy atom. The molecule has 7 nitrogen and oxygen atoms in total. The normalized spacial score (nSPS) is 20.5. The highest BCUT2D eigenvalue weighted by atomic mass is 32.2. The third-order valence-corrected chi connectivity index (χ3v) is 5.37. The highest BCUT2D eigenvalue weighted by molar-refractivity contribution is 8.26. The minimum atomic E-state index is -0.453. The molecule has 2 fully saturated rings. The number of amides is 1. The second kappa shape index (κ2) is 8.05. The number of carbonyl (C=O) groups excluding carboxylic acids is 1. The lowest BCUT2D eigenvalue weighted by Gasteiger charge is -2.28. The minimum absolute atomic E-state index is 0.00320. The molecular formula is C16H17N3O4S2. The topological polar surface area (TPSA) is 75.9 Å². The summed E-state index contributed by atoms with van der Waals surface area (Å²) in [6.07, 6.45) is 1.65. The third kappa shape index (κ3) is 4.43. The molecule has 0 radical (unpaired) electrons. The van der Waals surface area contributed by atoms with Crippen molar-refractivity contribution in [2.45, 2.75) is 0 Å². The molecule has 3 rings (SSSR count). The number of nitro groups is 1. The molecule has 0 spiro atoms. The van der Waals surface area contributed by atoms with Crippen molar-refractivity contribution in [3.8, 4) is 0 Å². The van der Waals surface area contributed by atoms with Crippen LogP contribution in [-0.4, -0.2) is 64.3 Å². The Bertz CT molecular complexity index is 732. The van der Waals surface area contributed by atoms with Crippen LogP contribution in [0.25, 0.3) is 6.08 Å². The van der Waals surface area contributed by atoms with Crippen LogP contribution in [0.4, 0.5) is 5.69 Å². The molecule has 0 N–H and O–H groups in total. The predicted molar refractivity (Wildman–Crippen MR) is 100 cm³/mol. The molecule has 0 saturated carbocycles. The maximum Gasteiger partial charge on any atom is 0.270 e. The van der Waals surface area contributed by atoms with Crippen molar-refractivity contribution < 1.29 is 14.5 Å². The van der Waals surface area contributed by atoms with Crippen LogP contribution >= 0.6 is 24.0 Å². The van der Waals surface area contributed by atoms with Gasteiger partial charge >= 0.3 is 0 Å². The SMILES string of the molecule is O=C1C(=Cc2cccc([N+](=O)[O-])c2)SC(=S)N1CCN1CCOCC1. The highest BCUT2D eigenvalue weighted by Crippen LogP contribution is 2.32. The second-order valence-corrected chi connectivity index (χ2v) is 7.32. The van der Waals surface area contributed by atoms with Crippen LogP contribution in [0.5, 0.6) is 0 Å². The van der Waals surface area contributed by atoms with Gasteiger partial charge in [0.15, 0.2) is 0 Å². The average Bonchev–Trinajstić information content (AvgIpc) is 2.87. The van der Waals surface area contributed by atoms with E-state index in [-0.39, 0.29) is 11.6 Å². The monoisotopic (exact) mass is 379 g/mol. The van der Waals surface area contributed by atoms with Crippen LogP contribution in [0.3, 0.4) is 0 Å². The van der Waals surface area contributed by atoms with Gasteiger partial charge in [-0.15, -0.1) is 0 Å². The van der Waals surface area contributed by atoms with Gasteiger partial charge in [-0.2, -0.15) is 0 Å². The molecule has 0 aromatic heterocycles. The van der Waals surface area contributed by atoms with Crippen molar-refractivity contribution in [1.82, 2.24) is 9.80 Å². The molecule has 1 amide bonds. The van der Waals surface area contributed by atoms with E-state index in [2.05, 4.69) is 4.90 Å². The fourth-order valence-corrected chi connectivity index (χ4v) is 3.95. The maximum absolute atomic E-state index is 12.6. The van der Waals surface area contributed by atoms with E-state index in [1.165, 1.54) is 23.9 Å². The second-order valence-electron chi connectivity index (χ2n) is 5.64. The van der Waals surface area contributed by atoms with E-state index >= 15 is 0 Å². The third-order valence-electron chi connectivity index (χ3n) is 4.00. The number of thioether (sulfide) groups is 1. The van der Waals surface area contributed by atoms with E-state index in [1.54, 1.807) is 23.1 Å². The first kappa shape index (κ1) is 18.0. The van der Waals surface area contributed by atoms with Crippen molar-refractivity contribution in [3.05, 3.63) is 44.8 Å². The highest BCUT2D eigenvalue weighted by Gasteiger charge is 2.32. The number of thiocarbonyl (C=S) groups is 1. The van der Waals surface area contributed by atoms with Gasteiger partial charge in [0, 0.05) is 38.3 Å². The van der Waals surface area contributed by atoms with Gasteiger partial charge in [0.25, 0.3) is 11.6 Å². The van der Waals surface area contributed by atoms with Crippen molar-refractivity contribution >= 4 is 46.0 Å². The summed E-state index contributed by atoms with van der Waals surface area (Å²) in [7, 11) is 0. The van der Waals surface area contributed by atoms with E-state index in [4.69, 9.17) is 17.0 Å². The number of ether oxygens (including phenoxy) is 1. The number of non-ortho nitro benzene ring substituents is 1. The summed E-state index contributed by atoms with van der Waals surface area (Å²) in [4.78, 5) is 27.3. The fraction of sp³-hybridized carbons (Fsp3) is 0.375. The predicted octanol–water partition coefficient (Wildman–Crippen LogP) is 2.13. The molecule has 0 unspecified atom stereocenters. The van der Waals surface area contributed by atoms with Crippen LogP contribution in [-0.2, 0) is 9.53 Å². The molecule has 0 aliphatic carbocycles. The summed E-state index contributed by atoms with van der Waals surface area (Å²) in [5.74, 6) is -0.144. The molecule has 2 heterocycles. The number of carbonyl (C=O) groups is 1. The van der Waals surface area contributed by atoms with E-state index in [1.807, 2.05) is 0 Å². The first-order valence-corrected chi connectivity index (χ1v) is 9.07. The molecular weight excluding hydrogens is 362 g/mol. The molecule has 0 bridgehead atoms. The van der Waals surface area contributed by atoms with Gasteiger partial charge in [-0.1, -0.05) is 36.1 Å². The van der Waals surface area contributed by atoms with Gasteiger partial charge < -0.3 is 4.74 Å².